The Hall–Kier alpha value is -2.75. The number of aromatic nitrogens is 4. The summed E-state index contributed by atoms with van der Waals surface area (Å²) in [5, 5.41) is 3.57. The van der Waals surface area contributed by atoms with Gasteiger partial charge in [0.05, 0.1) is 10.9 Å². The van der Waals surface area contributed by atoms with Gasteiger partial charge in [-0.25, -0.2) is 15.0 Å². The predicted molar refractivity (Wildman–Crippen MR) is 78.6 cm³/mol. The average molecular weight is 260 g/mol. The van der Waals surface area contributed by atoms with Gasteiger partial charge in [0.2, 0.25) is 5.95 Å². The number of hydrogen-bond donors (Lipinski definition) is 0. The molecule has 0 saturated heterocycles. The number of benzene rings is 1. The van der Waals surface area contributed by atoms with E-state index in [0.717, 1.165) is 17.3 Å². The molecule has 1 aromatic carbocycles. The molecule has 4 nitrogen and oxygen atoms in total. The van der Waals surface area contributed by atoms with Crippen molar-refractivity contribution < 1.29 is 0 Å². The van der Waals surface area contributed by atoms with Crippen LogP contribution in [0.3, 0.4) is 0 Å². The van der Waals surface area contributed by atoms with E-state index in [4.69, 9.17) is 0 Å². The van der Waals surface area contributed by atoms with Gasteiger partial charge in [0.1, 0.15) is 12.7 Å². The van der Waals surface area contributed by atoms with E-state index >= 15 is 0 Å². The van der Waals surface area contributed by atoms with Crippen LogP contribution in [0.15, 0.2) is 49.1 Å². The van der Waals surface area contributed by atoms with Gasteiger partial charge in [-0.3, -0.25) is 4.57 Å². The average Bonchev–Trinajstić information content (AvgIpc) is 2.65. The first-order valence-corrected chi connectivity index (χ1v) is 6.54. The molecule has 0 aliphatic heterocycles. The van der Waals surface area contributed by atoms with E-state index in [1.807, 2.05) is 6.07 Å². The molecular formula is C16H12N4. The minimum atomic E-state index is 0.656. The second-order valence-electron chi connectivity index (χ2n) is 4.62. The Morgan fingerprint density at radius 2 is 1.90 bits per heavy atom. The molecule has 0 bridgehead atoms. The Bertz CT molecular complexity index is 920. The van der Waals surface area contributed by atoms with E-state index in [0.29, 0.717) is 5.95 Å². The number of para-hydroxylation sites is 1. The van der Waals surface area contributed by atoms with Crippen molar-refractivity contribution in [2.75, 3.05) is 0 Å². The van der Waals surface area contributed by atoms with E-state index in [-0.39, 0.29) is 0 Å². The molecule has 20 heavy (non-hydrogen) atoms. The first-order chi connectivity index (χ1) is 9.95. The van der Waals surface area contributed by atoms with Gasteiger partial charge in [-0.1, -0.05) is 42.5 Å². The number of fused-ring (bicyclic) bond motifs is 3. The molecule has 0 saturated carbocycles. The number of nitrogens with zero attached hydrogens (tertiary/aromatic N) is 4. The highest BCUT2D eigenvalue weighted by Gasteiger charge is 2.10. The van der Waals surface area contributed by atoms with Crippen LogP contribution in [0.5, 0.6) is 0 Å². The van der Waals surface area contributed by atoms with Crippen molar-refractivity contribution in [2.24, 2.45) is 0 Å². The minimum absolute atomic E-state index is 0.656. The van der Waals surface area contributed by atoms with Gasteiger partial charge in [-0.2, -0.15) is 0 Å². The van der Waals surface area contributed by atoms with E-state index in [1.54, 1.807) is 0 Å². The van der Waals surface area contributed by atoms with Crippen LogP contribution in [0, 0.1) is 0 Å². The molecule has 0 N–H and O–H groups in total. The van der Waals surface area contributed by atoms with Crippen molar-refractivity contribution in [1.82, 2.24) is 19.5 Å². The molecule has 4 rings (SSSR count). The quantitative estimate of drug-likeness (QED) is 0.663. The molecule has 0 amide bonds. The van der Waals surface area contributed by atoms with Crippen molar-refractivity contribution in [3.05, 3.63) is 59.6 Å². The molecule has 2 heterocycles. The van der Waals surface area contributed by atoms with Gasteiger partial charge >= 0.3 is 0 Å². The van der Waals surface area contributed by atoms with Crippen LogP contribution in [0.25, 0.3) is 29.0 Å². The molecular weight excluding hydrogens is 248 g/mol. The maximum atomic E-state index is 4.30. The fraction of sp³-hybridized carbons (Fsp3) is 0.0625. The van der Waals surface area contributed by atoms with Crippen LogP contribution >= 0.6 is 0 Å². The monoisotopic (exact) mass is 260 g/mol. The summed E-state index contributed by atoms with van der Waals surface area (Å²) in [6.45, 7) is 0. The van der Waals surface area contributed by atoms with Crippen molar-refractivity contribution in [3.8, 4) is 5.95 Å². The third kappa shape index (κ3) is 1.58. The molecule has 0 unspecified atom stereocenters. The normalized spacial score (nSPS) is 13.4. The van der Waals surface area contributed by atoms with Gasteiger partial charge in [-0.05, 0) is 12.5 Å². The molecule has 96 valence electrons. The largest absolute Gasteiger partial charge is 0.278 e. The van der Waals surface area contributed by atoms with Crippen molar-refractivity contribution in [2.45, 2.75) is 6.42 Å². The van der Waals surface area contributed by atoms with Crippen LogP contribution in [-0.4, -0.2) is 19.5 Å². The van der Waals surface area contributed by atoms with Gasteiger partial charge in [0.25, 0.3) is 0 Å². The smallest absolute Gasteiger partial charge is 0.237 e. The van der Waals surface area contributed by atoms with E-state index in [1.165, 1.54) is 23.3 Å². The zero-order valence-electron chi connectivity index (χ0n) is 10.8. The molecule has 0 atom stereocenters. The predicted octanol–water partition coefficient (Wildman–Crippen LogP) is 1.34. The first kappa shape index (κ1) is 11.1. The molecule has 1 aliphatic rings. The van der Waals surface area contributed by atoms with Crippen LogP contribution < -0.4 is 10.6 Å². The van der Waals surface area contributed by atoms with Gasteiger partial charge < -0.3 is 0 Å². The van der Waals surface area contributed by atoms with E-state index < -0.39 is 0 Å². The van der Waals surface area contributed by atoms with Gasteiger partial charge in [0.15, 0.2) is 0 Å². The summed E-state index contributed by atoms with van der Waals surface area (Å²) in [5.74, 6) is 0.656. The van der Waals surface area contributed by atoms with Crippen LogP contribution in [-0.2, 0) is 0 Å². The van der Waals surface area contributed by atoms with Crippen molar-refractivity contribution in [3.63, 3.8) is 0 Å². The van der Waals surface area contributed by atoms with Crippen molar-refractivity contribution in [1.29, 1.82) is 0 Å². The lowest BCUT2D eigenvalue weighted by molar-refractivity contribution is 0.898. The number of rotatable bonds is 1. The summed E-state index contributed by atoms with van der Waals surface area (Å²) in [6.07, 6.45) is 12.6. The molecule has 1 aliphatic carbocycles. The minimum Gasteiger partial charge on any atom is -0.278 e. The molecule has 0 fully saturated rings. The molecule has 3 aromatic rings. The molecule has 0 spiro atoms. The van der Waals surface area contributed by atoms with Crippen molar-refractivity contribution >= 4 is 23.1 Å². The van der Waals surface area contributed by atoms with Crippen LogP contribution in [0.1, 0.15) is 6.42 Å². The molecule has 0 radical (unpaired) electrons. The van der Waals surface area contributed by atoms with Crippen LogP contribution in [0.2, 0.25) is 0 Å². The fourth-order valence-electron chi connectivity index (χ4n) is 2.65. The lowest BCUT2D eigenvalue weighted by Crippen LogP contribution is -2.28. The van der Waals surface area contributed by atoms with Gasteiger partial charge in [0, 0.05) is 10.6 Å². The fourth-order valence-corrected chi connectivity index (χ4v) is 2.65. The maximum absolute atomic E-state index is 4.30. The third-order valence-electron chi connectivity index (χ3n) is 3.48. The van der Waals surface area contributed by atoms with Gasteiger partial charge in [-0.15, -0.1) is 0 Å². The summed E-state index contributed by atoms with van der Waals surface area (Å²) in [7, 11) is 0. The second-order valence-corrected chi connectivity index (χ2v) is 4.62. The van der Waals surface area contributed by atoms with E-state index in [2.05, 4.69) is 62.0 Å². The lowest BCUT2D eigenvalue weighted by Gasteiger charge is -2.02. The summed E-state index contributed by atoms with van der Waals surface area (Å²) in [6, 6.07) is 8.33. The lowest BCUT2D eigenvalue weighted by atomic mass is 10.2. The highest BCUT2D eigenvalue weighted by molar-refractivity contribution is 5.84. The third-order valence-corrected chi connectivity index (χ3v) is 3.48. The summed E-state index contributed by atoms with van der Waals surface area (Å²) in [5.41, 5.74) is 1.12. The Balaban J connectivity index is 2.23. The zero-order valence-corrected chi connectivity index (χ0v) is 10.8. The zero-order chi connectivity index (χ0) is 13.4. The Labute approximate surface area is 115 Å². The molecule has 2 aromatic heterocycles. The molecule has 4 heteroatoms. The first-order valence-electron chi connectivity index (χ1n) is 6.54. The summed E-state index contributed by atoms with van der Waals surface area (Å²) < 4.78 is 2.09. The highest BCUT2D eigenvalue weighted by Crippen LogP contribution is 2.12. The Kier molecular flexibility index (Phi) is 2.45. The van der Waals surface area contributed by atoms with Crippen LogP contribution in [0.4, 0.5) is 0 Å². The standard InChI is InChI=1S/C16H12N4/c1-2-6-12-13-7-4-5-9-15(13)20(14(12)8-3-1)16-18-10-17-11-19-16/h1-2,4-11H,3H2. The maximum Gasteiger partial charge on any atom is 0.237 e. The van der Waals surface area contributed by atoms with E-state index in [9.17, 15) is 0 Å². The summed E-state index contributed by atoms with van der Waals surface area (Å²) in [4.78, 5) is 12.5. The number of hydrogen-bond acceptors (Lipinski definition) is 3. The number of allylic oxidation sites excluding steroid dienone is 2. The SMILES string of the molecule is C1=CCC=c2c(c3ccccc3n2-c2ncncn2)=C1. The Morgan fingerprint density at radius 1 is 1.05 bits per heavy atom. The second kappa shape index (κ2) is 4.42. The highest BCUT2D eigenvalue weighted by atomic mass is 15.2. The Morgan fingerprint density at radius 3 is 2.80 bits per heavy atom. The topological polar surface area (TPSA) is 43.6 Å². The summed E-state index contributed by atoms with van der Waals surface area (Å²) >= 11 is 0.